The molecule has 0 spiro atoms. The van der Waals surface area contributed by atoms with Gasteiger partial charge in [0.05, 0.1) is 0 Å². The summed E-state index contributed by atoms with van der Waals surface area (Å²) in [7, 11) is 0. The molecule has 4 heteroatoms. The molecule has 0 saturated carbocycles. The van der Waals surface area contributed by atoms with Gasteiger partial charge in [0.2, 0.25) is 5.91 Å². The van der Waals surface area contributed by atoms with Crippen molar-refractivity contribution in [3.05, 3.63) is 29.8 Å². The van der Waals surface area contributed by atoms with Gasteiger partial charge in [-0.2, -0.15) is 0 Å². The molecule has 0 fully saturated rings. The molecule has 0 aliphatic rings. The van der Waals surface area contributed by atoms with Gasteiger partial charge in [-0.25, -0.2) is 0 Å². The van der Waals surface area contributed by atoms with Crippen molar-refractivity contribution in [1.29, 1.82) is 0 Å². The lowest BCUT2D eigenvalue weighted by atomic mass is 10.2. The van der Waals surface area contributed by atoms with Crippen molar-refractivity contribution in [2.24, 2.45) is 0 Å². The third-order valence-electron chi connectivity index (χ3n) is 2.12. The second-order valence-electron chi connectivity index (χ2n) is 3.57. The number of aryl methyl sites for hydroxylation is 1. The largest absolute Gasteiger partial charge is 0.332 e. The summed E-state index contributed by atoms with van der Waals surface area (Å²) in [6.45, 7) is 3.94. The van der Waals surface area contributed by atoms with Crippen molar-refractivity contribution in [2.75, 3.05) is 5.32 Å². The number of benzene rings is 1. The van der Waals surface area contributed by atoms with E-state index in [9.17, 15) is 4.79 Å². The van der Waals surface area contributed by atoms with Gasteiger partial charge in [0, 0.05) is 12.1 Å². The first-order valence-electron chi connectivity index (χ1n) is 5.30. The molecular weight excluding hydrogens is 220 g/mol. The van der Waals surface area contributed by atoms with Crippen LogP contribution in [0.15, 0.2) is 24.3 Å². The topological polar surface area (TPSA) is 41.1 Å². The van der Waals surface area contributed by atoms with Crippen LogP contribution in [0.4, 0.5) is 5.69 Å². The minimum Gasteiger partial charge on any atom is -0.332 e. The lowest BCUT2D eigenvalue weighted by Gasteiger charge is -2.10. The van der Waals surface area contributed by atoms with Gasteiger partial charge < -0.3 is 10.6 Å². The molecule has 86 valence electrons. The second kappa shape index (κ2) is 6.23. The first-order chi connectivity index (χ1) is 7.63. The summed E-state index contributed by atoms with van der Waals surface area (Å²) < 4.78 is 0. The second-order valence-corrected chi connectivity index (χ2v) is 3.98. The number of para-hydroxylation sites is 1. The van der Waals surface area contributed by atoms with Gasteiger partial charge in [-0.05, 0) is 37.2 Å². The van der Waals surface area contributed by atoms with Crippen molar-refractivity contribution < 1.29 is 4.79 Å². The predicted molar refractivity (Wildman–Crippen MR) is 70.5 cm³/mol. The molecule has 0 aromatic heterocycles. The third kappa shape index (κ3) is 3.98. The fourth-order valence-electron chi connectivity index (χ4n) is 1.28. The Labute approximate surface area is 101 Å². The molecule has 1 aromatic carbocycles. The maximum Gasteiger partial charge on any atom is 0.226 e. The molecule has 1 aromatic rings. The summed E-state index contributed by atoms with van der Waals surface area (Å²) in [6, 6.07) is 7.79. The highest BCUT2D eigenvalue weighted by Gasteiger charge is 2.04. The lowest BCUT2D eigenvalue weighted by molar-refractivity contribution is -0.119. The van der Waals surface area contributed by atoms with Gasteiger partial charge in [-0.1, -0.05) is 25.1 Å². The molecule has 0 heterocycles. The van der Waals surface area contributed by atoms with E-state index in [0.29, 0.717) is 11.5 Å². The van der Waals surface area contributed by atoms with E-state index < -0.39 is 0 Å². The minimum atomic E-state index is -0.0476. The van der Waals surface area contributed by atoms with E-state index in [2.05, 4.69) is 10.6 Å². The van der Waals surface area contributed by atoms with Crippen LogP contribution in [0, 0.1) is 6.92 Å². The third-order valence-corrected chi connectivity index (χ3v) is 2.33. The van der Waals surface area contributed by atoms with Crippen LogP contribution < -0.4 is 10.6 Å². The molecule has 0 aliphatic carbocycles. The van der Waals surface area contributed by atoms with E-state index in [1.165, 1.54) is 0 Å². The summed E-state index contributed by atoms with van der Waals surface area (Å²) in [4.78, 5) is 11.3. The number of amides is 1. The number of carbonyl (C=O) groups excluding carboxylic acids is 1. The number of anilines is 1. The van der Waals surface area contributed by atoms with E-state index in [1.807, 2.05) is 38.1 Å². The van der Waals surface area contributed by atoms with Crippen LogP contribution in [0.5, 0.6) is 0 Å². The fourth-order valence-corrected chi connectivity index (χ4v) is 1.51. The van der Waals surface area contributed by atoms with E-state index in [4.69, 9.17) is 12.2 Å². The number of thiocarbonyl (C=S) groups is 1. The Kier molecular flexibility index (Phi) is 4.92. The summed E-state index contributed by atoms with van der Waals surface area (Å²) in [5.74, 6) is -0.0476. The molecule has 1 rings (SSSR count). The highest BCUT2D eigenvalue weighted by atomic mass is 32.1. The zero-order chi connectivity index (χ0) is 12.0. The van der Waals surface area contributed by atoms with Crippen LogP contribution >= 0.6 is 12.2 Å². The molecule has 1 amide bonds. The minimum absolute atomic E-state index is 0.0476. The smallest absolute Gasteiger partial charge is 0.226 e. The SMILES string of the molecule is CCCC(=O)NC(=S)Nc1ccccc1C. The van der Waals surface area contributed by atoms with Gasteiger partial charge >= 0.3 is 0 Å². The molecule has 0 radical (unpaired) electrons. The normalized spacial score (nSPS) is 9.62. The van der Waals surface area contributed by atoms with Gasteiger partial charge in [0.15, 0.2) is 5.11 Å². The Morgan fingerprint density at radius 1 is 1.38 bits per heavy atom. The van der Waals surface area contributed by atoms with Gasteiger partial charge in [-0.15, -0.1) is 0 Å². The van der Waals surface area contributed by atoms with Gasteiger partial charge in [0.25, 0.3) is 0 Å². The van der Waals surface area contributed by atoms with Crippen LogP contribution in [0.1, 0.15) is 25.3 Å². The summed E-state index contributed by atoms with van der Waals surface area (Å²) in [5, 5.41) is 5.99. The zero-order valence-electron chi connectivity index (χ0n) is 9.54. The standard InChI is InChI=1S/C12H16N2OS/c1-3-6-11(15)14-12(16)13-10-8-5-4-7-9(10)2/h4-5,7-8H,3,6H2,1-2H3,(H2,13,14,15,16). The number of hydrogen-bond acceptors (Lipinski definition) is 2. The van der Waals surface area contributed by atoms with Crippen molar-refractivity contribution in [3.8, 4) is 0 Å². The van der Waals surface area contributed by atoms with E-state index in [-0.39, 0.29) is 5.91 Å². The average Bonchev–Trinajstić information content (AvgIpc) is 2.21. The van der Waals surface area contributed by atoms with E-state index >= 15 is 0 Å². The van der Waals surface area contributed by atoms with Crippen LogP contribution in [0.25, 0.3) is 0 Å². The highest BCUT2D eigenvalue weighted by Crippen LogP contribution is 2.12. The zero-order valence-corrected chi connectivity index (χ0v) is 10.4. The quantitative estimate of drug-likeness (QED) is 0.793. The van der Waals surface area contributed by atoms with Crippen molar-refractivity contribution in [1.82, 2.24) is 5.32 Å². The van der Waals surface area contributed by atoms with Gasteiger partial charge in [0.1, 0.15) is 0 Å². The Hall–Kier alpha value is -1.42. The Morgan fingerprint density at radius 3 is 2.69 bits per heavy atom. The highest BCUT2D eigenvalue weighted by molar-refractivity contribution is 7.80. The number of nitrogens with one attached hydrogen (secondary N) is 2. The molecule has 16 heavy (non-hydrogen) atoms. The molecule has 0 atom stereocenters. The van der Waals surface area contributed by atoms with Gasteiger partial charge in [-0.3, -0.25) is 4.79 Å². The Morgan fingerprint density at radius 2 is 2.06 bits per heavy atom. The fraction of sp³-hybridized carbons (Fsp3) is 0.333. The Bertz CT molecular complexity index is 390. The number of carbonyl (C=O) groups is 1. The average molecular weight is 236 g/mol. The molecular formula is C12H16N2OS. The summed E-state index contributed by atoms with van der Waals surface area (Å²) in [5.41, 5.74) is 2.01. The van der Waals surface area contributed by atoms with Crippen LogP contribution in [0.3, 0.4) is 0 Å². The molecule has 2 N–H and O–H groups in total. The molecule has 3 nitrogen and oxygen atoms in total. The Balaban J connectivity index is 2.52. The predicted octanol–water partition coefficient (Wildman–Crippen LogP) is 2.61. The summed E-state index contributed by atoms with van der Waals surface area (Å²) in [6.07, 6.45) is 1.31. The maximum absolute atomic E-state index is 11.3. The first kappa shape index (κ1) is 12.6. The van der Waals surface area contributed by atoms with E-state index in [1.54, 1.807) is 0 Å². The molecule has 0 aliphatic heterocycles. The molecule has 0 unspecified atom stereocenters. The van der Waals surface area contributed by atoms with Crippen molar-refractivity contribution in [3.63, 3.8) is 0 Å². The molecule has 0 bridgehead atoms. The van der Waals surface area contributed by atoms with Crippen molar-refractivity contribution in [2.45, 2.75) is 26.7 Å². The lowest BCUT2D eigenvalue weighted by Crippen LogP contribution is -2.33. The van der Waals surface area contributed by atoms with Crippen LogP contribution in [-0.4, -0.2) is 11.0 Å². The molecule has 0 saturated heterocycles. The maximum atomic E-state index is 11.3. The first-order valence-corrected chi connectivity index (χ1v) is 5.70. The van der Waals surface area contributed by atoms with Crippen molar-refractivity contribution >= 4 is 28.9 Å². The van der Waals surface area contributed by atoms with E-state index in [0.717, 1.165) is 17.7 Å². The summed E-state index contributed by atoms with van der Waals surface area (Å²) >= 11 is 5.04. The number of hydrogen-bond donors (Lipinski definition) is 2. The monoisotopic (exact) mass is 236 g/mol. The number of rotatable bonds is 3. The van der Waals surface area contributed by atoms with Crippen LogP contribution in [-0.2, 0) is 4.79 Å². The van der Waals surface area contributed by atoms with Crippen LogP contribution in [0.2, 0.25) is 0 Å².